The number of piperidine rings is 1. The van der Waals surface area contributed by atoms with Crippen molar-refractivity contribution in [1.82, 2.24) is 0 Å². The van der Waals surface area contributed by atoms with Gasteiger partial charge < -0.3 is 17.3 Å². The Bertz CT molecular complexity index is 519. The summed E-state index contributed by atoms with van der Waals surface area (Å²) in [6, 6.07) is 5.58. The highest BCUT2D eigenvalue weighted by Crippen LogP contribution is 2.22. The van der Waals surface area contributed by atoms with E-state index in [4.69, 9.17) is 23.2 Å². The van der Waals surface area contributed by atoms with Crippen molar-refractivity contribution in [3.05, 3.63) is 33.8 Å². The summed E-state index contributed by atoms with van der Waals surface area (Å²) in [5, 5.41) is 1.16. The second kappa shape index (κ2) is 10.4. The second-order valence-corrected chi connectivity index (χ2v) is 6.78. The van der Waals surface area contributed by atoms with Crippen LogP contribution >= 0.6 is 23.2 Å². The van der Waals surface area contributed by atoms with Crippen molar-refractivity contribution in [1.29, 1.82) is 0 Å². The van der Waals surface area contributed by atoms with Crippen LogP contribution < -0.4 is 17.3 Å². The Hall–Kier alpha value is -0.390. The Kier molecular flexibility index (Phi) is 9.29. The third-order valence-corrected chi connectivity index (χ3v) is 4.92. The van der Waals surface area contributed by atoms with Gasteiger partial charge in [0.2, 0.25) is 0 Å². The van der Waals surface area contributed by atoms with Gasteiger partial charge in [0, 0.05) is 11.5 Å². The Morgan fingerprint density at radius 2 is 2.09 bits per heavy atom. The van der Waals surface area contributed by atoms with Gasteiger partial charge in [0.1, 0.15) is 6.54 Å². The molecule has 1 aliphatic heterocycles. The molecule has 1 aromatic carbocycles. The zero-order valence-corrected chi connectivity index (χ0v) is 15.4. The number of likely N-dealkylation sites (tertiary alicyclic amines) is 1. The number of halogens is 3. The average molecular weight is 361 g/mol. The van der Waals surface area contributed by atoms with E-state index in [0.717, 1.165) is 18.0 Å². The van der Waals surface area contributed by atoms with E-state index in [9.17, 15) is 0 Å². The number of unbranched alkanes of at least 4 members (excludes halogenated alkanes) is 1. The summed E-state index contributed by atoms with van der Waals surface area (Å²) in [6.45, 7) is 5.76. The van der Waals surface area contributed by atoms with Crippen LogP contribution in [0.25, 0.3) is 0 Å². The lowest BCUT2D eigenvalue weighted by atomic mass is 9.93. The number of hydrogen-bond acceptors (Lipinski definition) is 0. The van der Waals surface area contributed by atoms with Gasteiger partial charge in [-0.3, -0.25) is 0 Å². The van der Waals surface area contributed by atoms with E-state index in [1.807, 2.05) is 18.2 Å². The molecular weight excluding hydrogens is 337 g/mol. The normalized spacial score (nSPS) is 20.7. The Labute approximate surface area is 150 Å². The highest BCUT2D eigenvalue weighted by molar-refractivity contribution is 6.42. The highest BCUT2D eigenvalue weighted by atomic mass is 35.5. The van der Waals surface area contributed by atoms with E-state index >= 15 is 0 Å². The molecular formula is C18H24Cl3N. The predicted molar refractivity (Wildman–Crippen MR) is 91.2 cm³/mol. The van der Waals surface area contributed by atoms with Gasteiger partial charge in [-0.25, -0.2) is 0 Å². The molecule has 0 radical (unpaired) electrons. The summed E-state index contributed by atoms with van der Waals surface area (Å²) < 4.78 is 0. The molecule has 0 amide bonds. The molecule has 0 saturated carbocycles. The predicted octanol–water partition coefficient (Wildman–Crippen LogP) is 0.834. The van der Waals surface area contributed by atoms with Crippen LogP contribution in [-0.4, -0.2) is 19.6 Å². The maximum Gasteiger partial charge on any atom is 0.139 e. The van der Waals surface area contributed by atoms with Crippen LogP contribution in [0, 0.1) is 17.8 Å². The van der Waals surface area contributed by atoms with Gasteiger partial charge in [0.15, 0.2) is 0 Å². The van der Waals surface area contributed by atoms with Gasteiger partial charge in [-0.15, -0.1) is 0 Å². The standard InChI is InChI=1S/C18H23Cl2N.ClH/c1-2-3-6-16-8-5-12-21(14-16)11-4-7-15-9-10-17(19)18(20)13-15;/h9-10,13,16H,2-3,5-6,8,11-12,14H2,1H3;1H. The van der Waals surface area contributed by atoms with Gasteiger partial charge in [0.05, 0.1) is 23.1 Å². The maximum atomic E-state index is 6.00. The molecule has 1 saturated heterocycles. The van der Waals surface area contributed by atoms with E-state index in [1.165, 1.54) is 45.2 Å². The summed E-state index contributed by atoms with van der Waals surface area (Å²) >= 11 is 11.9. The smallest absolute Gasteiger partial charge is 0.139 e. The summed E-state index contributed by atoms with van der Waals surface area (Å²) in [5.41, 5.74) is 0.948. The Morgan fingerprint density at radius 1 is 1.27 bits per heavy atom. The van der Waals surface area contributed by atoms with Crippen LogP contribution in [0.2, 0.25) is 10.0 Å². The second-order valence-electron chi connectivity index (χ2n) is 5.96. The maximum absolute atomic E-state index is 6.00. The molecule has 0 spiro atoms. The lowest BCUT2D eigenvalue weighted by Gasteiger charge is -2.28. The van der Waals surface area contributed by atoms with Crippen molar-refractivity contribution in [2.45, 2.75) is 39.0 Å². The fourth-order valence-corrected chi connectivity index (χ4v) is 3.30. The van der Waals surface area contributed by atoms with Crippen LogP contribution in [0.4, 0.5) is 0 Å². The van der Waals surface area contributed by atoms with Crippen molar-refractivity contribution in [3.63, 3.8) is 0 Å². The van der Waals surface area contributed by atoms with E-state index in [1.54, 1.807) is 4.90 Å². The third-order valence-electron chi connectivity index (χ3n) is 4.18. The monoisotopic (exact) mass is 359 g/mol. The van der Waals surface area contributed by atoms with Gasteiger partial charge in [-0.1, -0.05) is 48.9 Å². The van der Waals surface area contributed by atoms with Crippen molar-refractivity contribution in [3.8, 4) is 11.8 Å². The van der Waals surface area contributed by atoms with E-state index < -0.39 is 0 Å². The van der Waals surface area contributed by atoms with E-state index in [2.05, 4.69) is 18.8 Å². The molecule has 1 nitrogen and oxygen atoms in total. The minimum absolute atomic E-state index is 0. The average Bonchev–Trinajstić information content (AvgIpc) is 2.49. The molecule has 0 aliphatic carbocycles. The van der Waals surface area contributed by atoms with E-state index in [-0.39, 0.29) is 12.4 Å². The topological polar surface area (TPSA) is 4.44 Å². The molecule has 22 heavy (non-hydrogen) atoms. The first-order chi connectivity index (χ1) is 10.2. The minimum Gasteiger partial charge on any atom is -1.00 e. The first-order valence-corrected chi connectivity index (χ1v) is 8.72. The lowest BCUT2D eigenvalue weighted by Crippen LogP contribution is -3.13. The van der Waals surface area contributed by atoms with Gasteiger partial charge in [-0.2, -0.15) is 0 Å². The van der Waals surface area contributed by atoms with Crippen molar-refractivity contribution in [2.24, 2.45) is 5.92 Å². The molecule has 1 N–H and O–H groups in total. The number of nitrogens with one attached hydrogen (secondary N) is 1. The Morgan fingerprint density at radius 3 is 2.82 bits per heavy atom. The molecule has 2 atom stereocenters. The SMILES string of the molecule is CCCCC1CCC[NH+](CC#Cc2ccc(Cl)c(Cl)c2)C1.[Cl-]. The van der Waals surface area contributed by atoms with Crippen LogP contribution in [0.3, 0.4) is 0 Å². The van der Waals surface area contributed by atoms with Gasteiger partial charge >= 0.3 is 0 Å². The summed E-state index contributed by atoms with van der Waals surface area (Å²) in [7, 11) is 0. The van der Waals surface area contributed by atoms with Crippen molar-refractivity contribution < 1.29 is 17.3 Å². The molecule has 0 aromatic heterocycles. The van der Waals surface area contributed by atoms with Crippen molar-refractivity contribution in [2.75, 3.05) is 19.6 Å². The quantitative estimate of drug-likeness (QED) is 0.759. The van der Waals surface area contributed by atoms with Crippen LogP contribution in [0.5, 0.6) is 0 Å². The Balaban J connectivity index is 0.00000242. The molecule has 1 heterocycles. The van der Waals surface area contributed by atoms with Gasteiger partial charge in [-0.05, 0) is 43.4 Å². The molecule has 4 heteroatoms. The van der Waals surface area contributed by atoms with Crippen molar-refractivity contribution >= 4 is 23.2 Å². The summed E-state index contributed by atoms with van der Waals surface area (Å²) in [6.07, 6.45) is 6.82. The zero-order chi connectivity index (χ0) is 15.1. The van der Waals surface area contributed by atoms with Crippen LogP contribution in [-0.2, 0) is 0 Å². The van der Waals surface area contributed by atoms with Crippen LogP contribution in [0.1, 0.15) is 44.6 Å². The molecule has 1 fully saturated rings. The first-order valence-electron chi connectivity index (χ1n) is 7.96. The third kappa shape index (κ3) is 6.39. The number of quaternary nitrogens is 1. The zero-order valence-electron chi connectivity index (χ0n) is 13.1. The number of hydrogen-bond donors (Lipinski definition) is 1. The molecule has 1 aliphatic rings. The molecule has 2 rings (SSSR count). The number of benzene rings is 1. The van der Waals surface area contributed by atoms with E-state index in [0.29, 0.717) is 10.0 Å². The van der Waals surface area contributed by atoms with Gasteiger partial charge in [0.25, 0.3) is 0 Å². The molecule has 1 aromatic rings. The highest BCUT2D eigenvalue weighted by Gasteiger charge is 2.21. The number of rotatable bonds is 4. The first kappa shape index (κ1) is 19.7. The largest absolute Gasteiger partial charge is 1.00 e. The fraction of sp³-hybridized carbons (Fsp3) is 0.556. The fourth-order valence-electron chi connectivity index (χ4n) is 3.00. The lowest BCUT2D eigenvalue weighted by molar-refractivity contribution is -0.901. The molecule has 2 unspecified atom stereocenters. The molecule has 0 bridgehead atoms. The summed E-state index contributed by atoms with van der Waals surface area (Å²) in [4.78, 5) is 1.63. The molecule has 122 valence electrons. The van der Waals surface area contributed by atoms with Crippen LogP contribution in [0.15, 0.2) is 18.2 Å². The minimum atomic E-state index is 0. The summed E-state index contributed by atoms with van der Waals surface area (Å²) in [5.74, 6) is 7.41.